The summed E-state index contributed by atoms with van der Waals surface area (Å²) in [4.78, 5) is 18.8. The Hall–Kier alpha value is -2.29. The van der Waals surface area contributed by atoms with Gasteiger partial charge in [0.05, 0.1) is 4.88 Å². The Morgan fingerprint density at radius 3 is 2.89 bits per heavy atom. The number of aromatic nitrogens is 1. The zero-order valence-corrected chi connectivity index (χ0v) is 17.0. The molecule has 1 aliphatic rings. The molecule has 0 radical (unpaired) electrons. The number of ether oxygens (including phenoxy) is 1. The molecule has 3 aromatic rings. The van der Waals surface area contributed by atoms with Crippen LogP contribution in [0.1, 0.15) is 17.0 Å². The molecule has 0 aliphatic carbocycles. The van der Waals surface area contributed by atoms with E-state index < -0.39 is 12.0 Å². The molecule has 8 heteroatoms. The molecule has 0 spiro atoms. The molecule has 0 saturated carbocycles. The number of aryl methyl sites for hydroxylation is 1. The van der Waals surface area contributed by atoms with Gasteiger partial charge in [0.15, 0.2) is 0 Å². The lowest BCUT2D eigenvalue weighted by molar-refractivity contribution is -0.141. The van der Waals surface area contributed by atoms with Gasteiger partial charge in [0.1, 0.15) is 29.9 Å². The van der Waals surface area contributed by atoms with E-state index in [1.54, 1.807) is 23.1 Å². The summed E-state index contributed by atoms with van der Waals surface area (Å²) in [7, 11) is 0. The van der Waals surface area contributed by atoms with Crippen LogP contribution in [0.4, 0.5) is 0 Å². The van der Waals surface area contributed by atoms with Gasteiger partial charge in [-0.1, -0.05) is 18.2 Å². The molecule has 0 bridgehead atoms. The first kappa shape index (κ1) is 19.0. The van der Waals surface area contributed by atoms with Crippen LogP contribution in [0.15, 0.2) is 46.2 Å². The molecule has 146 valence electrons. The topological polar surface area (TPSA) is 75.8 Å². The van der Waals surface area contributed by atoms with E-state index in [9.17, 15) is 9.90 Å². The van der Waals surface area contributed by atoms with Gasteiger partial charge < -0.3 is 14.3 Å². The van der Waals surface area contributed by atoms with Gasteiger partial charge in [0, 0.05) is 18.2 Å². The number of nitrogens with zero attached hydrogens (tertiary/aromatic N) is 2. The quantitative estimate of drug-likeness (QED) is 0.617. The first-order valence-corrected chi connectivity index (χ1v) is 10.9. The average molecular weight is 417 g/mol. The Balaban J connectivity index is 1.36. The molecule has 28 heavy (non-hydrogen) atoms. The van der Waals surface area contributed by atoms with Gasteiger partial charge in [-0.25, -0.2) is 4.98 Å². The maximum absolute atomic E-state index is 11.3. The normalized spacial score (nSPS) is 17.1. The van der Waals surface area contributed by atoms with Crippen molar-refractivity contribution in [2.45, 2.75) is 26.1 Å². The number of thiophene rings is 1. The van der Waals surface area contributed by atoms with Gasteiger partial charge in [-0.05, 0) is 36.1 Å². The van der Waals surface area contributed by atoms with Crippen molar-refractivity contribution in [1.82, 2.24) is 9.88 Å². The first-order chi connectivity index (χ1) is 13.6. The number of oxazole rings is 1. The summed E-state index contributed by atoms with van der Waals surface area (Å²) in [6, 6.07) is 11.3. The Morgan fingerprint density at radius 2 is 2.18 bits per heavy atom. The Kier molecular flexibility index (Phi) is 5.70. The molecular weight excluding hydrogens is 396 g/mol. The van der Waals surface area contributed by atoms with E-state index in [4.69, 9.17) is 9.15 Å². The average Bonchev–Trinajstić information content (AvgIpc) is 3.42. The minimum atomic E-state index is -0.755. The fourth-order valence-electron chi connectivity index (χ4n) is 3.01. The summed E-state index contributed by atoms with van der Waals surface area (Å²) in [5, 5.41) is 11.3. The molecule has 1 fully saturated rings. The number of thioether (sulfide) groups is 1. The maximum atomic E-state index is 11.3. The minimum Gasteiger partial charge on any atom is -0.487 e. The molecule has 1 saturated heterocycles. The predicted molar refractivity (Wildman–Crippen MR) is 110 cm³/mol. The summed E-state index contributed by atoms with van der Waals surface area (Å²) < 4.78 is 11.6. The Labute approximate surface area is 171 Å². The molecular formula is C20H20N2O4S2. The van der Waals surface area contributed by atoms with Crippen molar-refractivity contribution >= 4 is 29.1 Å². The van der Waals surface area contributed by atoms with Crippen molar-refractivity contribution in [3.63, 3.8) is 0 Å². The van der Waals surface area contributed by atoms with Crippen LogP contribution >= 0.6 is 23.1 Å². The zero-order chi connectivity index (χ0) is 19.5. The number of carbonyl (C=O) groups is 1. The summed E-state index contributed by atoms with van der Waals surface area (Å²) in [5.41, 5.74) is 1.85. The van der Waals surface area contributed by atoms with E-state index in [0.29, 0.717) is 24.8 Å². The molecule has 6 nitrogen and oxygen atoms in total. The van der Waals surface area contributed by atoms with Crippen molar-refractivity contribution in [2.24, 2.45) is 0 Å². The highest BCUT2D eigenvalue weighted by Gasteiger charge is 2.30. The van der Waals surface area contributed by atoms with E-state index in [0.717, 1.165) is 33.5 Å². The lowest BCUT2D eigenvalue weighted by Gasteiger charge is -2.20. The van der Waals surface area contributed by atoms with Gasteiger partial charge in [0.25, 0.3) is 0 Å². The van der Waals surface area contributed by atoms with Gasteiger partial charge >= 0.3 is 5.97 Å². The third kappa shape index (κ3) is 4.24. The number of carboxylic acid groups (broad SMARTS) is 1. The highest BCUT2D eigenvalue weighted by atomic mass is 32.2. The number of rotatable bonds is 7. The van der Waals surface area contributed by atoms with E-state index in [2.05, 4.69) is 4.98 Å². The number of hydrogen-bond acceptors (Lipinski definition) is 7. The Morgan fingerprint density at radius 1 is 1.36 bits per heavy atom. The predicted octanol–water partition coefficient (Wildman–Crippen LogP) is 4.25. The van der Waals surface area contributed by atoms with Crippen LogP contribution in [0.3, 0.4) is 0 Å². The third-order valence-corrected chi connectivity index (χ3v) is 6.49. The van der Waals surface area contributed by atoms with E-state index in [-0.39, 0.29) is 0 Å². The second-order valence-electron chi connectivity index (χ2n) is 6.53. The first-order valence-electron chi connectivity index (χ1n) is 8.86. The van der Waals surface area contributed by atoms with Crippen LogP contribution < -0.4 is 4.74 Å². The second kappa shape index (κ2) is 8.38. The smallest absolute Gasteiger partial charge is 0.321 e. The number of hydrogen-bond donors (Lipinski definition) is 1. The lowest BCUT2D eigenvalue weighted by Crippen LogP contribution is -2.37. The van der Waals surface area contributed by atoms with Crippen LogP contribution in [0.25, 0.3) is 10.8 Å². The van der Waals surface area contributed by atoms with Crippen molar-refractivity contribution in [1.29, 1.82) is 0 Å². The van der Waals surface area contributed by atoms with Crippen LogP contribution in [-0.2, 0) is 17.9 Å². The molecule has 0 amide bonds. The third-order valence-electron chi connectivity index (χ3n) is 4.57. The van der Waals surface area contributed by atoms with Crippen LogP contribution in [0, 0.1) is 6.92 Å². The zero-order valence-electron chi connectivity index (χ0n) is 15.3. The molecule has 2 aromatic heterocycles. The fraction of sp³-hybridized carbons (Fsp3) is 0.300. The van der Waals surface area contributed by atoms with Crippen LogP contribution in [0.2, 0.25) is 0 Å². The fourth-order valence-corrected chi connectivity index (χ4v) is 4.84. The molecule has 1 atom stereocenters. The number of benzene rings is 1. The molecule has 1 aliphatic heterocycles. The molecule has 3 heterocycles. The molecule has 0 unspecified atom stereocenters. The van der Waals surface area contributed by atoms with E-state index >= 15 is 0 Å². The van der Waals surface area contributed by atoms with Gasteiger partial charge in [0.2, 0.25) is 5.89 Å². The summed E-state index contributed by atoms with van der Waals surface area (Å²) in [5.74, 6) is 2.75. The summed E-state index contributed by atoms with van der Waals surface area (Å²) in [6.45, 7) is 2.85. The van der Waals surface area contributed by atoms with E-state index in [1.807, 2.05) is 53.6 Å². The molecule has 4 rings (SSSR count). The highest BCUT2D eigenvalue weighted by molar-refractivity contribution is 7.99. The molecule has 1 N–H and O–H groups in total. The highest BCUT2D eigenvalue weighted by Crippen LogP contribution is 2.27. The van der Waals surface area contributed by atoms with Gasteiger partial charge in [-0.15, -0.1) is 23.1 Å². The lowest BCUT2D eigenvalue weighted by atomic mass is 10.2. The molecule has 1 aromatic carbocycles. The second-order valence-corrected chi connectivity index (χ2v) is 8.48. The number of carboxylic acids is 1. The van der Waals surface area contributed by atoms with Crippen LogP contribution in [0.5, 0.6) is 5.75 Å². The van der Waals surface area contributed by atoms with Crippen molar-refractivity contribution < 1.29 is 19.1 Å². The monoisotopic (exact) mass is 416 g/mol. The van der Waals surface area contributed by atoms with Crippen molar-refractivity contribution in [3.8, 4) is 16.5 Å². The maximum Gasteiger partial charge on any atom is 0.321 e. The minimum absolute atomic E-state index is 0.337. The SMILES string of the molecule is Cc1oc(-c2cccs2)nc1COc1ccc(CN2CSC[C@H]2C(=O)O)cc1. The van der Waals surface area contributed by atoms with Gasteiger partial charge in [-0.2, -0.15) is 0 Å². The standard InChI is InChI=1S/C20H20N2O4S2/c1-13-16(21-19(26-13)18-3-2-8-28-18)10-25-15-6-4-14(5-7-15)9-22-12-27-11-17(22)20(23)24/h2-8,17H,9-12H2,1H3,(H,23,24)/t17-/m0/s1. The van der Waals surface area contributed by atoms with Crippen molar-refractivity contribution in [2.75, 3.05) is 11.6 Å². The summed E-state index contributed by atoms with van der Waals surface area (Å²) in [6.07, 6.45) is 0. The Bertz CT molecular complexity index is 938. The van der Waals surface area contributed by atoms with Crippen LogP contribution in [-0.4, -0.2) is 38.6 Å². The van der Waals surface area contributed by atoms with E-state index in [1.165, 1.54) is 0 Å². The largest absolute Gasteiger partial charge is 0.487 e. The summed E-state index contributed by atoms with van der Waals surface area (Å²) >= 11 is 3.24. The van der Waals surface area contributed by atoms with Crippen molar-refractivity contribution in [3.05, 3.63) is 58.8 Å². The van der Waals surface area contributed by atoms with Gasteiger partial charge in [-0.3, -0.25) is 9.69 Å². The number of aliphatic carboxylic acids is 1.